The topological polar surface area (TPSA) is 52.6 Å². The van der Waals surface area contributed by atoms with Crippen LogP contribution in [0, 0.1) is 0 Å². The summed E-state index contributed by atoms with van der Waals surface area (Å²) in [5, 5.41) is 0. The average molecular weight is 251 g/mol. The predicted molar refractivity (Wildman–Crippen MR) is 61.4 cm³/mol. The highest BCUT2D eigenvalue weighted by molar-refractivity contribution is 6.18. The second kappa shape index (κ2) is 8.39. The fourth-order valence-electron chi connectivity index (χ4n) is 1.12. The van der Waals surface area contributed by atoms with Crippen molar-refractivity contribution in [2.45, 2.75) is 52.2 Å². The third kappa shape index (κ3) is 6.67. The molecule has 0 amide bonds. The Kier molecular flexibility index (Phi) is 7.99. The molecule has 0 aromatic carbocycles. The van der Waals surface area contributed by atoms with E-state index in [-0.39, 0.29) is 12.0 Å². The van der Waals surface area contributed by atoms with Crippen LogP contribution in [0.15, 0.2) is 0 Å². The van der Waals surface area contributed by atoms with Crippen molar-refractivity contribution in [2.24, 2.45) is 0 Å². The van der Waals surface area contributed by atoms with Gasteiger partial charge in [-0.15, -0.1) is 11.6 Å². The van der Waals surface area contributed by atoms with Crippen molar-refractivity contribution in [3.8, 4) is 0 Å². The van der Waals surface area contributed by atoms with Crippen LogP contribution in [0.4, 0.5) is 0 Å². The van der Waals surface area contributed by atoms with Crippen molar-refractivity contribution in [1.29, 1.82) is 0 Å². The second-order valence-electron chi connectivity index (χ2n) is 3.64. The Hall–Kier alpha value is -0.770. The summed E-state index contributed by atoms with van der Waals surface area (Å²) >= 11 is 5.53. The SMILES string of the molecule is CCCCC(OC(C)=O)C(=O)OC(C)CCl. The highest BCUT2D eigenvalue weighted by Gasteiger charge is 2.24. The monoisotopic (exact) mass is 250 g/mol. The molecule has 0 aromatic heterocycles. The van der Waals surface area contributed by atoms with Gasteiger partial charge in [0.25, 0.3) is 0 Å². The molecule has 2 unspecified atom stereocenters. The maximum absolute atomic E-state index is 11.6. The first kappa shape index (κ1) is 15.2. The number of halogens is 1. The Morgan fingerprint density at radius 1 is 1.31 bits per heavy atom. The van der Waals surface area contributed by atoms with Crippen LogP contribution in [0.5, 0.6) is 0 Å². The van der Waals surface area contributed by atoms with Crippen molar-refractivity contribution in [3.05, 3.63) is 0 Å². The van der Waals surface area contributed by atoms with Crippen LogP contribution in [0.2, 0.25) is 0 Å². The molecular weight excluding hydrogens is 232 g/mol. The van der Waals surface area contributed by atoms with E-state index in [2.05, 4.69) is 0 Å². The van der Waals surface area contributed by atoms with Crippen LogP contribution < -0.4 is 0 Å². The molecule has 0 aliphatic heterocycles. The third-order valence-electron chi connectivity index (χ3n) is 1.93. The van der Waals surface area contributed by atoms with Crippen LogP contribution in [0.3, 0.4) is 0 Å². The molecule has 0 radical (unpaired) electrons. The van der Waals surface area contributed by atoms with Gasteiger partial charge in [-0.1, -0.05) is 13.3 Å². The van der Waals surface area contributed by atoms with Crippen molar-refractivity contribution in [1.82, 2.24) is 0 Å². The smallest absolute Gasteiger partial charge is 0.347 e. The van der Waals surface area contributed by atoms with E-state index in [0.29, 0.717) is 6.42 Å². The van der Waals surface area contributed by atoms with E-state index in [1.54, 1.807) is 6.92 Å². The third-order valence-corrected chi connectivity index (χ3v) is 2.36. The van der Waals surface area contributed by atoms with Crippen molar-refractivity contribution in [3.63, 3.8) is 0 Å². The predicted octanol–water partition coefficient (Wildman–Crippen LogP) is 2.28. The maximum Gasteiger partial charge on any atom is 0.347 e. The molecule has 0 N–H and O–H groups in total. The van der Waals surface area contributed by atoms with E-state index in [1.807, 2.05) is 6.92 Å². The Labute approximate surface area is 101 Å². The molecule has 0 spiro atoms. The molecule has 0 saturated carbocycles. The van der Waals surface area contributed by atoms with Crippen molar-refractivity contribution < 1.29 is 19.1 Å². The highest BCUT2D eigenvalue weighted by atomic mass is 35.5. The van der Waals surface area contributed by atoms with Gasteiger partial charge in [0.2, 0.25) is 0 Å². The van der Waals surface area contributed by atoms with Crippen LogP contribution in [0.1, 0.15) is 40.0 Å². The second-order valence-corrected chi connectivity index (χ2v) is 3.95. The molecule has 0 aliphatic carbocycles. The molecule has 0 aliphatic rings. The van der Waals surface area contributed by atoms with Gasteiger partial charge in [0.05, 0.1) is 5.88 Å². The van der Waals surface area contributed by atoms with Crippen molar-refractivity contribution in [2.75, 3.05) is 5.88 Å². The number of alkyl halides is 1. The lowest BCUT2D eigenvalue weighted by atomic mass is 10.1. The molecule has 0 bridgehead atoms. The molecule has 5 heteroatoms. The summed E-state index contributed by atoms with van der Waals surface area (Å²) in [7, 11) is 0. The first-order valence-corrected chi connectivity index (χ1v) is 5.98. The van der Waals surface area contributed by atoms with Gasteiger partial charge < -0.3 is 9.47 Å². The summed E-state index contributed by atoms with van der Waals surface area (Å²) in [5.74, 6) is -0.764. The number of carbonyl (C=O) groups is 2. The lowest BCUT2D eigenvalue weighted by Crippen LogP contribution is -2.31. The normalized spacial score (nSPS) is 14.0. The Balaban J connectivity index is 4.25. The summed E-state index contributed by atoms with van der Waals surface area (Å²) in [6, 6.07) is 0. The molecule has 16 heavy (non-hydrogen) atoms. The molecule has 94 valence electrons. The van der Waals surface area contributed by atoms with E-state index in [9.17, 15) is 9.59 Å². The van der Waals surface area contributed by atoms with Crippen molar-refractivity contribution >= 4 is 23.5 Å². The highest BCUT2D eigenvalue weighted by Crippen LogP contribution is 2.09. The van der Waals surface area contributed by atoms with Crippen LogP contribution in [-0.4, -0.2) is 30.0 Å². The van der Waals surface area contributed by atoms with E-state index >= 15 is 0 Å². The van der Waals surface area contributed by atoms with Crippen LogP contribution in [0.25, 0.3) is 0 Å². The number of hydrogen-bond donors (Lipinski definition) is 0. The lowest BCUT2D eigenvalue weighted by Gasteiger charge is -2.17. The molecule has 2 atom stereocenters. The Bertz CT molecular complexity index is 230. The van der Waals surface area contributed by atoms with Gasteiger partial charge >= 0.3 is 11.9 Å². The summed E-state index contributed by atoms with van der Waals surface area (Å²) in [6.45, 7) is 4.96. The number of ether oxygens (including phenoxy) is 2. The number of carbonyl (C=O) groups excluding carboxylic acids is 2. The van der Waals surface area contributed by atoms with E-state index in [1.165, 1.54) is 6.92 Å². The van der Waals surface area contributed by atoms with Gasteiger partial charge in [0.15, 0.2) is 6.10 Å². The zero-order valence-corrected chi connectivity index (χ0v) is 10.8. The molecule has 0 aromatic rings. The summed E-state index contributed by atoms with van der Waals surface area (Å²) in [6.07, 6.45) is 1.06. The minimum absolute atomic E-state index is 0.228. The van der Waals surface area contributed by atoms with Crippen LogP contribution >= 0.6 is 11.6 Å². The summed E-state index contributed by atoms with van der Waals surface area (Å²) < 4.78 is 9.91. The number of esters is 2. The van der Waals surface area contributed by atoms with E-state index in [4.69, 9.17) is 21.1 Å². The zero-order chi connectivity index (χ0) is 12.6. The standard InChI is InChI=1S/C11H19ClO4/c1-4-5-6-10(16-9(3)13)11(14)15-8(2)7-12/h8,10H,4-7H2,1-3H3. The fourth-order valence-corrected chi connectivity index (χ4v) is 1.18. The first-order valence-electron chi connectivity index (χ1n) is 5.44. The number of hydrogen-bond acceptors (Lipinski definition) is 4. The minimum Gasteiger partial charge on any atom is -0.459 e. The Morgan fingerprint density at radius 2 is 1.94 bits per heavy atom. The molecule has 4 nitrogen and oxygen atoms in total. The van der Waals surface area contributed by atoms with Gasteiger partial charge in [-0.3, -0.25) is 4.79 Å². The molecular formula is C11H19ClO4. The van der Waals surface area contributed by atoms with E-state index < -0.39 is 18.0 Å². The van der Waals surface area contributed by atoms with E-state index in [0.717, 1.165) is 12.8 Å². The summed E-state index contributed by atoms with van der Waals surface area (Å²) in [5.41, 5.74) is 0. The molecule has 0 fully saturated rings. The lowest BCUT2D eigenvalue weighted by molar-refractivity contribution is -0.169. The van der Waals surface area contributed by atoms with Gasteiger partial charge in [-0.2, -0.15) is 0 Å². The van der Waals surface area contributed by atoms with Gasteiger partial charge in [-0.25, -0.2) is 4.79 Å². The first-order chi connectivity index (χ1) is 7.51. The average Bonchev–Trinajstić information content (AvgIpc) is 2.23. The fraction of sp³-hybridized carbons (Fsp3) is 0.818. The maximum atomic E-state index is 11.6. The van der Waals surface area contributed by atoms with Gasteiger partial charge in [-0.05, 0) is 19.8 Å². The molecule has 0 saturated heterocycles. The number of rotatable bonds is 7. The number of unbranched alkanes of at least 4 members (excludes halogenated alkanes) is 1. The summed E-state index contributed by atoms with van der Waals surface area (Å²) in [4.78, 5) is 22.4. The molecule has 0 heterocycles. The quantitative estimate of drug-likeness (QED) is 0.514. The Morgan fingerprint density at radius 3 is 2.38 bits per heavy atom. The van der Waals surface area contributed by atoms with Gasteiger partial charge in [0.1, 0.15) is 6.10 Å². The van der Waals surface area contributed by atoms with Gasteiger partial charge in [0, 0.05) is 6.92 Å². The zero-order valence-electron chi connectivity index (χ0n) is 9.99. The molecule has 0 rings (SSSR count). The largest absolute Gasteiger partial charge is 0.459 e. The van der Waals surface area contributed by atoms with Crippen LogP contribution in [-0.2, 0) is 19.1 Å². The minimum atomic E-state index is -0.803.